The molecule has 1 atom stereocenters. The number of carbonyl (C=O) groups is 1. The minimum atomic E-state index is -0.767. The zero-order valence-corrected chi connectivity index (χ0v) is 26.0. The number of rotatable bonds is 10. The second-order valence-corrected chi connectivity index (χ2v) is 11.2. The molecule has 1 aromatic heterocycles. The van der Waals surface area contributed by atoms with Gasteiger partial charge >= 0.3 is 5.97 Å². The summed E-state index contributed by atoms with van der Waals surface area (Å²) in [4.78, 5) is 31.5. The normalized spacial score (nSPS) is 14.4. The van der Waals surface area contributed by atoms with E-state index in [1.807, 2.05) is 50.2 Å². The van der Waals surface area contributed by atoms with Gasteiger partial charge in [-0.25, -0.2) is 9.79 Å². The molecule has 0 unspecified atom stereocenters. The molecule has 222 valence electrons. The lowest BCUT2D eigenvalue weighted by molar-refractivity contribution is -0.136. The second kappa shape index (κ2) is 13.5. The van der Waals surface area contributed by atoms with Gasteiger partial charge in [0.25, 0.3) is 5.56 Å². The lowest BCUT2D eigenvalue weighted by atomic mass is 9.97. The van der Waals surface area contributed by atoms with Crippen LogP contribution < -0.4 is 29.1 Å². The maximum absolute atomic E-state index is 13.8. The van der Waals surface area contributed by atoms with Gasteiger partial charge in [0.15, 0.2) is 16.3 Å². The quantitative estimate of drug-likeness (QED) is 0.207. The van der Waals surface area contributed by atoms with Crippen molar-refractivity contribution < 1.29 is 23.7 Å². The average molecular weight is 640 g/mol. The van der Waals surface area contributed by atoms with Crippen LogP contribution in [0.4, 0.5) is 0 Å². The Kier molecular flexibility index (Phi) is 9.55. The molecule has 2 heterocycles. The molecule has 5 rings (SSSR count). The lowest BCUT2D eigenvalue weighted by Crippen LogP contribution is -2.39. The molecule has 43 heavy (non-hydrogen) atoms. The summed E-state index contributed by atoms with van der Waals surface area (Å²) < 4.78 is 24.4. The van der Waals surface area contributed by atoms with E-state index in [1.165, 1.54) is 29.2 Å². The Bertz CT molecular complexity index is 1860. The first-order valence-electron chi connectivity index (χ1n) is 13.5. The van der Waals surface area contributed by atoms with Gasteiger partial charge in [0, 0.05) is 21.8 Å². The van der Waals surface area contributed by atoms with E-state index in [-0.39, 0.29) is 17.7 Å². The molecule has 0 N–H and O–H groups in total. The fourth-order valence-electron chi connectivity index (χ4n) is 4.60. The van der Waals surface area contributed by atoms with E-state index in [0.29, 0.717) is 55.4 Å². The number of methoxy groups -OCH3 is 1. The van der Waals surface area contributed by atoms with E-state index in [2.05, 4.69) is 4.99 Å². The van der Waals surface area contributed by atoms with Gasteiger partial charge in [-0.15, -0.1) is 0 Å². The highest BCUT2D eigenvalue weighted by atomic mass is 35.5. The fourth-order valence-corrected chi connectivity index (χ4v) is 6.03. The van der Waals surface area contributed by atoms with Crippen molar-refractivity contribution in [1.82, 2.24) is 4.57 Å². The van der Waals surface area contributed by atoms with E-state index in [0.717, 1.165) is 11.1 Å². The topological polar surface area (TPSA) is 88.4 Å². The summed E-state index contributed by atoms with van der Waals surface area (Å²) in [5.41, 5.74) is 2.22. The number of hydrogen-bond acceptors (Lipinski definition) is 8. The third-order valence-electron chi connectivity index (χ3n) is 6.60. The first kappa shape index (κ1) is 30.4. The summed E-state index contributed by atoms with van der Waals surface area (Å²) >= 11 is 13.5. The number of benzene rings is 3. The first-order valence-corrected chi connectivity index (χ1v) is 15.1. The Morgan fingerprint density at radius 3 is 2.42 bits per heavy atom. The number of ether oxygens (including phenoxy) is 4. The average Bonchev–Trinajstić information content (AvgIpc) is 3.32. The molecule has 1 aliphatic heterocycles. The number of carbonyl (C=O) groups excluding carboxylic acids is 1. The SMILES string of the molecule is CCOc1ccc([C@H]2C(C(=O)OC)=CN=c3s/c(=C\c4ccc(OCc5ccc(Cl)cc5Cl)cc4)c(=O)n32)cc1OCC. The maximum Gasteiger partial charge on any atom is 0.337 e. The number of hydrogen-bond donors (Lipinski definition) is 0. The Labute approximate surface area is 262 Å². The third kappa shape index (κ3) is 6.64. The number of aromatic nitrogens is 1. The standard InChI is InChI=1S/C32H28Cl2N2O6S/c1-4-40-26-13-9-20(15-27(26)41-5-2)29-24(31(38)39-3)17-35-32-36(29)30(37)28(43-32)14-19-6-11-23(12-7-19)42-18-21-8-10-22(33)16-25(21)34/h6-17,29H,4-5,18H2,1-3H3/b28-14-/t29-/m0/s1. The van der Waals surface area contributed by atoms with Gasteiger partial charge in [0.2, 0.25) is 0 Å². The number of esters is 1. The molecule has 4 aromatic rings. The summed E-state index contributed by atoms with van der Waals surface area (Å²) in [7, 11) is 1.30. The van der Waals surface area contributed by atoms with Gasteiger partial charge in [-0.2, -0.15) is 0 Å². The van der Waals surface area contributed by atoms with E-state index >= 15 is 0 Å². The number of thiazole rings is 1. The molecule has 3 aromatic carbocycles. The van der Waals surface area contributed by atoms with Crippen LogP contribution in [0, 0.1) is 0 Å². The first-order chi connectivity index (χ1) is 20.8. The van der Waals surface area contributed by atoms with Crippen molar-refractivity contribution in [2.75, 3.05) is 20.3 Å². The Morgan fingerprint density at radius 1 is 0.977 bits per heavy atom. The number of halogens is 2. The highest BCUT2D eigenvalue weighted by Crippen LogP contribution is 2.35. The van der Waals surface area contributed by atoms with Crippen molar-refractivity contribution in [2.24, 2.45) is 4.99 Å². The molecule has 0 aliphatic carbocycles. The van der Waals surface area contributed by atoms with E-state index < -0.39 is 12.0 Å². The summed E-state index contributed by atoms with van der Waals surface area (Å²) in [6.45, 7) is 4.93. The lowest BCUT2D eigenvalue weighted by Gasteiger charge is -2.23. The molecule has 0 spiro atoms. The molecule has 0 fully saturated rings. The van der Waals surface area contributed by atoms with Gasteiger partial charge in [0.1, 0.15) is 12.4 Å². The highest BCUT2D eigenvalue weighted by Gasteiger charge is 2.31. The molecule has 0 amide bonds. The minimum absolute atomic E-state index is 0.232. The van der Waals surface area contributed by atoms with Crippen LogP contribution in [0.25, 0.3) is 6.08 Å². The smallest absolute Gasteiger partial charge is 0.337 e. The molecule has 1 aliphatic rings. The van der Waals surface area contributed by atoms with Crippen molar-refractivity contribution in [1.29, 1.82) is 0 Å². The van der Waals surface area contributed by atoms with E-state index in [1.54, 1.807) is 30.3 Å². The minimum Gasteiger partial charge on any atom is -0.490 e. The molecule has 0 bridgehead atoms. The second-order valence-electron chi connectivity index (χ2n) is 9.34. The molecular weight excluding hydrogens is 611 g/mol. The van der Waals surface area contributed by atoms with Crippen LogP contribution in [0.1, 0.15) is 36.6 Å². The summed E-state index contributed by atoms with van der Waals surface area (Å²) in [6, 6.07) is 17.2. The van der Waals surface area contributed by atoms with E-state index in [4.69, 9.17) is 42.1 Å². The van der Waals surface area contributed by atoms with Crippen LogP contribution in [0.15, 0.2) is 82.2 Å². The maximum atomic E-state index is 13.8. The number of nitrogens with zero attached hydrogens (tertiary/aromatic N) is 2. The van der Waals surface area contributed by atoms with Gasteiger partial charge < -0.3 is 18.9 Å². The summed E-state index contributed by atoms with van der Waals surface area (Å²) in [5.74, 6) is 1.16. The van der Waals surface area contributed by atoms with Gasteiger partial charge in [-0.1, -0.05) is 58.8 Å². The van der Waals surface area contributed by atoms with E-state index in [9.17, 15) is 9.59 Å². The van der Waals surface area contributed by atoms with Gasteiger partial charge in [-0.05, 0) is 67.4 Å². The number of fused-ring (bicyclic) bond motifs is 1. The largest absolute Gasteiger partial charge is 0.490 e. The third-order valence-corrected chi connectivity index (χ3v) is 8.18. The van der Waals surface area contributed by atoms with Crippen molar-refractivity contribution >= 4 is 46.6 Å². The van der Waals surface area contributed by atoms with Gasteiger partial charge in [-0.3, -0.25) is 9.36 Å². The predicted molar refractivity (Wildman–Crippen MR) is 167 cm³/mol. The molecule has 0 saturated heterocycles. The molecule has 0 saturated carbocycles. The van der Waals surface area contributed by atoms with Crippen molar-refractivity contribution in [3.05, 3.63) is 119 Å². The predicted octanol–water partition coefficient (Wildman–Crippen LogP) is 5.70. The van der Waals surface area contributed by atoms with Crippen LogP contribution in [0.2, 0.25) is 10.0 Å². The van der Waals surface area contributed by atoms with Crippen molar-refractivity contribution in [3.63, 3.8) is 0 Å². The van der Waals surface area contributed by atoms with Crippen LogP contribution in [-0.4, -0.2) is 30.9 Å². The molecule has 8 nitrogen and oxygen atoms in total. The molecule has 0 radical (unpaired) electrons. The Morgan fingerprint density at radius 2 is 1.72 bits per heavy atom. The monoisotopic (exact) mass is 638 g/mol. The van der Waals surface area contributed by atoms with Crippen LogP contribution in [0.3, 0.4) is 0 Å². The Balaban J connectivity index is 1.48. The van der Waals surface area contributed by atoms with Crippen LogP contribution >= 0.6 is 34.5 Å². The molecular formula is C32H28Cl2N2O6S. The zero-order chi connectivity index (χ0) is 30.5. The Hall–Kier alpha value is -4.05. The summed E-state index contributed by atoms with van der Waals surface area (Å²) in [5, 5.41) is 1.10. The highest BCUT2D eigenvalue weighted by molar-refractivity contribution is 7.07. The summed E-state index contributed by atoms with van der Waals surface area (Å²) in [6.07, 6.45) is 3.24. The van der Waals surface area contributed by atoms with Gasteiger partial charge in [0.05, 0.1) is 36.5 Å². The van der Waals surface area contributed by atoms with Crippen LogP contribution in [-0.2, 0) is 16.1 Å². The molecule has 11 heteroatoms. The fraction of sp³-hybridized carbons (Fsp3) is 0.219. The van der Waals surface area contributed by atoms with Crippen molar-refractivity contribution in [2.45, 2.75) is 26.5 Å². The zero-order valence-electron chi connectivity index (χ0n) is 23.6. The van der Waals surface area contributed by atoms with Crippen LogP contribution in [0.5, 0.6) is 17.2 Å². The van der Waals surface area contributed by atoms with Crippen molar-refractivity contribution in [3.8, 4) is 17.2 Å².